The molecule has 1 saturated heterocycles. The summed E-state index contributed by atoms with van der Waals surface area (Å²) < 4.78 is 0. The van der Waals surface area contributed by atoms with Gasteiger partial charge in [-0.05, 0) is 18.8 Å². The number of nitrogens with zero attached hydrogens (tertiary/aromatic N) is 1. The minimum atomic E-state index is 0.143. The van der Waals surface area contributed by atoms with Gasteiger partial charge in [-0.2, -0.15) is 0 Å². The molecule has 0 unspecified atom stereocenters. The van der Waals surface area contributed by atoms with E-state index in [1.54, 1.807) is 6.92 Å². The summed E-state index contributed by atoms with van der Waals surface area (Å²) in [6.07, 6.45) is 7.55. The van der Waals surface area contributed by atoms with E-state index in [9.17, 15) is 9.59 Å². The van der Waals surface area contributed by atoms with Gasteiger partial charge in [-0.25, -0.2) is 0 Å². The number of hydrogen-bond acceptors (Lipinski definition) is 2. The van der Waals surface area contributed by atoms with Crippen LogP contribution in [-0.2, 0) is 9.59 Å². The van der Waals surface area contributed by atoms with Crippen LogP contribution >= 0.6 is 0 Å². The lowest BCUT2D eigenvalue weighted by molar-refractivity contribution is -0.127. The van der Waals surface area contributed by atoms with Crippen LogP contribution in [0.3, 0.4) is 0 Å². The topological polar surface area (TPSA) is 49.4 Å². The predicted octanol–water partition coefficient (Wildman–Crippen LogP) is 2.33. The van der Waals surface area contributed by atoms with Crippen LogP contribution < -0.4 is 5.32 Å². The molecule has 4 heteroatoms. The van der Waals surface area contributed by atoms with Crippen LogP contribution in [0, 0.1) is 5.92 Å². The van der Waals surface area contributed by atoms with Gasteiger partial charge in [-0.15, -0.1) is 0 Å². The average molecular weight is 268 g/mol. The highest BCUT2D eigenvalue weighted by molar-refractivity contribution is 5.76. The fourth-order valence-electron chi connectivity index (χ4n) is 2.52. The van der Waals surface area contributed by atoms with Gasteiger partial charge in [-0.3, -0.25) is 9.59 Å². The summed E-state index contributed by atoms with van der Waals surface area (Å²) in [5, 5.41) is 3.00. The van der Waals surface area contributed by atoms with Crippen LogP contribution in [0.15, 0.2) is 0 Å². The monoisotopic (exact) mass is 268 g/mol. The maximum atomic E-state index is 11.7. The Balaban J connectivity index is 2.03. The van der Waals surface area contributed by atoms with Gasteiger partial charge >= 0.3 is 0 Å². The van der Waals surface area contributed by atoms with E-state index in [1.807, 2.05) is 4.90 Å². The summed E-state index contributed by atoms with van der Waals surface area (Å²) in [6.45, 7) is 6.16. The van der Waals surface area contributed by atoms with Crippen molar-refractivity contribution in [3.63, 3.8) is 0 Å². The number of carbonyl (C=O) groups excluding carboxylic acids is 2. The third kappa shape index (κ3) is 6.60. The third-order valence-electron chi connectivity index (χ3n) is 3.83. The molecule has 0 spiro atoms. The smallest absolute Gasteiger partial charge is 0.220 e. The summed E-state index contributed by atoms with van der Waals surface area (Å²) in [7, 11) is 0. The van der Waals surface area contributed by atoms with E-state index in [4.69, 9.17) is 0 Å². The zero-order chi connectivity index (χ0) is 14.1. The molecule has 19 heavy (non-hydrogen) atoms. The Hall–Kier alpha value is -1.06. The second kappa shape index (κ2) is 8.94. The second-order valence-electron chi connectivity index (χ2n) is 5.59. The van der Waals surface area contributed by atoms with Crippen LogP contribution in [0.5, 0.6) is 0 Å². The quantitative estimate of drug-likeness (QED) is 0.687. The summed E-state index contributed by atoms with van der Waals surface area (Å²) in [5.74, 6) is 0.746. The Morgan fingerprint density at radius 1 is 1.21 bits per heavy atom. The van der Waals surface area contributed by atoms with Gasteiger partial charge in [0.15, 0.2) is 0 Å². The van der Waals surface area contributed by atoms with Gasteiger partial charge in [0, 0.05) is 33.0 Å². The molecule has 0 aliphatic carbocycles. The van der Waals surface area contributed by atoms with Crippen LogP contribution in [0.2, 0.25) is 0 Å². The summed E-state index contributed by atoms with van der Waals surface area (Å²) in [5.41, 5.74) is 0. The molecule has 0 radical (unpaired) electrons. The van der Waals surface area contributed by atoms with E-state index >= 15 is 0 Å². The molecule has 2 amide bonds. The van der Waals surface area contributed by atoms with E-state index in [2.05, 4.69) is 12.2 Å². The Morgan fingerprint density at radius 3 is 2.58 bits per heavy atom. The first kappa shape index (κ1) is 16.0. The van der Waals surface area contributed by atoms with Crippen molar-refractivity contribution in [2.75, 3.05) is 19.6 Å². The first-order valence-corrected chi connectivity index (χ1v) is 7.65. The zero-order valence-electron chi connectivity index (χ0n) is 12.4. The van der Waals surface area contributed by atoms with Crippen molar-refractivity contribution in [3.05, 3.63) is 0 Å². The van der Waals surface area contributed by atoms with Crippen molar-refractivity contribution < 1.29 is 9.59 Å². The van der Waals surface area contributed by atoms with Crippen molar-refractivity contribution in [3.8, 4) is 0 Å². The molecule has 1 fully saturated rings. The van der Waals surface area contributed by atoms with Crippen LogP contribution in [0.1, 0.15) is 58.8 Å². The Labute approximate surface area is 116 Å². The highest BCUT2D eigenvalue weighted by Crippen LogP contribution is 2.15. The number of nitrogens with one attached hydrogen (secondary N) is 1. The fourth-order valence-corrected chi connectivity index (χ4v) is 2.52. The van der Waals surface area contributed by atoms with Crippen LogP contribution in [0.4, 0.5) is 0 Å². The van der Waals surface area contributed by atoms with Crippen molar-refractivity contribution in [2.24, 2.45) is 5.92 Å². The fraction of sp³-hybridized carbons (Fsp3) is 0.867. The molecular weight excluding hydrogens is 240 g/mol. The van der Waals surface area contributed by atoms with E-state index < -0.39 is 0 Å². The molecule has 110 valence electrons. The van der Waals surface area contributed by atoms with Gasteiger partial charge in [0.2, 0.25) is 11.8 Å². The van der Waals surface area contributed by atoms with Crippen molar-refractivity contribution in [2.45, 2.75) is 58.8 Å². The van der Waals surface area contributed by atoms with E-state index in [-0.39, 0.29) is 11.8 Å². The van der Waals surface area contributed by atoms with E-state index in [0.29, 0.717) is 12.3 Å². The van der Waals surface area contributed by atoms with Gasteiger partial charge in [0.25, 0.3) is 0 Å². The van der Waals surface area contributed by atoms with Gasteiger partial charge in [0.1, 0.15) is 0 Å². The first-order chi connectivity index (χ1) is 9.13. The third-order valence-corrected chi connectivity index (χ3v) is 3.83. The lowest BCUT2D eigenvalue weighted by Gasteiger charge is -2.14. The molecule has 1 N–H and O–H groups in total. The number of unbranched alkanes of at least 4 members (excludes halogenated alkanes) is 4. The molecule has 0 aromatic carbocycles. The number of rotatable bonds is 8. The SMILES string of the molecule is CCCCCCCC(=O)NC[C@H]1CCN(C(C)=O)C1. The Kier molecular flexibility index (Phi) is 7.53. The molecule has 1 heterocycles. The molecule has 0 bridgehead atoms. The van der Waals surface area contributed by atoms with Crippen LogP contribution in [0.25, 0.3) is 0 Å². The molecule has 1 aliphatic heterocycles. The van der Waals surface area contributed by atoms with Crippen molar-refractivity contribution in [1.29, 1.82) is 0 Å². The minimum absolute atomic E-state index is 0.143. The Morgan fingerprint density at radius 2 is 1.95 bits per heavy atom. The summed E-state index contributed by atoms with van der Waals surface area (Å²) in [6, 6.07) is 0. The van der Waals surface area contributed by atoms with E-state index in [0.717, 1.165) is 38.9 Å². The zero-order valence-corrected chi connectivity index (χ0v) is 12.4. The number of carbonyl (C=O) groups is 2. The molecule has 0 aromatic rings. The lowest BCUT2D eigenvalue weighted by atomic mass is 10.1. The molecule has 4 nitrogen and oxygen atoms in total. The molecule has 0 aromatic heterocycles. The number of hydrogen-bond donors (Lipinski definition) is 1. The largest absolute Gasteiger partial charge is 0.356 e. The average Bonchev–Trinajstić information content (AvgIpc) is 2.85. The summed E-state index contributed by atoms with van der Waals surface area (Å²) >= 11 is 0. The van der Waals surface area contributed by atoms with Crippen molar-refractivity contribution in [1.82, 2.24) is 10.2 Å². The maximum absolute atomic E-state index is 11.7. The van der Waals surface area contributed by atoms with Gasteiger partial charge in [-0.1, -0.05) is 32.6 Å². The second-order valence-corrected chi connectivity index (χ2v) is 5.59. The molecular formula is C15H28N2O2. The molecule has 1 atom stereocenters. The highest BCUT2D eigenvalue weighted by Gasteiger charge is 2.24. The molecule has 1 rings (SSSR count). The summed E-state index contributed by atoms with van der Waals surface area (Å²) in [4.78, 5) is 24.7. The van der Waals surface area contributed by atoms with Crippen LogP contribution in [-0.4, -0.2) is 36.3 Å². The molecule has 1 aliphatic rings. The van der Waals surface area contributed by atoms with Gasteiger partial charge < -0.3 is 10.2 Å². The number of likely N-dealkylation sites (tertiary alicyclic amines) is 1. The standard InChI is InChI=1S/C15H28N2O2/c1-3-4-5-6-7-8-15(19)16-11-14-9-10-17(12-14)13(2)18/h14H,3-12H2,1-2H3,(H,16,19)/t14-/m1/s1. The number of amides is 2. The van der Waals surface area contributed by atoms with Crippen molar-refractivity contribution >= 4 is 11.8 Å². The van der Waals surface area contributed by atoms with Gasteiger partial charge in [0.05, 0.1) is 0 Å². The lowest BCUT2D eigenvalue weighted by Crippen LogP contribution is -2.32. The first-order valence-electron chi connectivity index (χ1n) is 7.65. The molecule has 0 saturated carbocycles. The maximum Gasteiger partial charge on any atom is 0.220 e. The Bertz CT molecular complexity index is 292. The normalized spacial score (nSPS) is 18.6. The highest BCUT2D eigenvalue weighted by atomic mass is 16.2. The predicted molar refractivity (Wildman–Crippen MR) is 76.7 cm³/mol. The minimum Gasteiger partial charge on any atom is -0.356 e. The van der Waals surface area contributed by atoms with E-state index in [1.165, 1.54) is 19.3 Å².